The Labute approximate surface area is 172 Å². The van der Waals surface area contributed by atoms with Gasteiger partial charge in [-0.2, -0.15) is 0 Å². The number of amides is 1. The minimum Gasteiger partial charge on any atom is -0.497 e. The molecule has 0 bridgehead atoms. The van der Waals surface area contributed by atoms with Crippen LogP contribution in [0.25, 0.3) is 11.5 Å². The van der Waals surface area contributed by atoms with Gasteiger partial charge in [-0.05, 0) is 54.1 Å². The van der Waals surface area contributed by atoms with Crippen molar-refractivity contribution in [2.75, 3.05) is 7.11 Å². The van der Waals surface area contributed by atoms with Crippen molar-refractivity contribution in [1.29, 1.82) is 0 Å². The lowest BCUT2D eigenvalue weighted by Gasteiger charge is -2.16. The van der Waals surface area contributed by atoms with E-state index in [1.807, 2.05) is 30.3 Å². The predicted molar refractivity (Wildman–Crippen MR) is 108 cm³/mol. The molecule has 1 amide bonds. The highest BCUT2D eigenvalue weighted by atomic mass is 19.1. The van der Waals surface area contributed by atoms with Crippen LogP contribution in [0.2, 0.25) is 0 Å². The maximum Gasteiger partial charge on any atom is 0.252 e. The van der Waals surface area contributed by atoms with Crippen LogP contribution in [0.5, 0.6) is 5.75 Å². The fourth-order valence-corrected chi connectivity index (χ4v) is 2.95. The molecule has 30 heavy (non-hydrogen) atoms. The Morgan fingerprint density at radius 3 is 2.33 bits per heavy atom. The van der Waals surface area contributed by atoms with Gasteiger partial charge >= 0.3 is 0 Å². The predicted octanol–water partition coefficient (Wildman–Crippen LogP) is 4.40. The van der Waals surface area contributed by atoms with Gasteiger partial charge in [0, 0.05) is 11.1 Å². The molecule has 7 heteroatoms. The van der Waals surface area contributed by atoms with E-state index in [-0.39, 0.29) is 17.6 Å². The fraction of sp³-hybridized carbons (Fsp3) is 0.0870. The van der Waals surface area contributed by atoms with E-state index in [2.05, 4.69) is 15.5 Å². The standard InChI is InChI=1S/C23H18FN3O3/c1-29-19-13-9-16(10-14-19)21(28)25-20(15-7-11-18(24)12-8-15)23-27-26-22(30-23)17-5-3-2-4-6-17/h2-14,20H,1H3,(H,25,28). The molecular formula is C23H18FN3O3. The first kappa shape index (κ1) is 19.3. The third-order valence-corrected chi connectivity index (χ3v) is 4.54. The summed E-state index contributed by atoms with van der Waals surface area (Å²) in [5.74, 6) is 0.450. The SMILES string of the molecule is COc1ccc(C(=O)NC(c2ccc(F)cc2)c2nnc(-c3ccccc3)o2)cc1. The molecule has 150 valence electrons. The minimum absolute atomic E-state index is 0.197. The van der Waals surface area contributed by atoms with Crippen LogP contribution in [-0.2, 0) is 0 Å². The van der Waals surface area contributed by atoms with Crippen molar-refractivity contribution in [3.05, 3.63) is 102 Å². The first-order valence-electron chi connectivity index (χ1n) is 9.23. The number of benzene rings is 3. The molecule has 0 aliphatic rings. The molecule has 6 nitrogen and oxygen atoms in total. The van der Waals surface area contributed by atoms with E-state index in [4.69, 9.17) is 9.15 Å². The molecule has 1 unspecified atom stereocenters. The van der Waals surface area contributed by atoms with Gasteiger partial charge in [0.25, 0.3) is 5.91 Å². The van der Waals surface area contributed by atoms with Gasteiger partial charge in [-0.3, -0.25) is 4.79 Å². The van der Waals surface area contributed by atoms with E-state index in [1.54, 1.807) is 43.5 Å². The summed E-state index contributed by atoms with van der Waals surface area (Å²) in [6.45, 7) is 0. The topological polar surface area (TPSA) is 77.2 Å². The van der Waals surface area contributed by atoms with Crippen LogP contribution in [-0.4, -0.2) is 23.2 Å². The maximum atomic E-state index is 13.4. The van der Waals surface area contributed by atoms with Crippen LogP contribution >= 0.6 is 0 Å². The summed E-state index contributed by atoms with van der Waals surface area (Å²) in [6.07, 6.45) is 0. The molecule has 0 radical (unpaired) electrons. The Bertz CT molecular complexity index is 1130. The van der Waals surface area contributed by atoms with Crippen molar-refractivity contribution in [2.24, 2.45) is 0 Å². The Hall–Kier alpha value is -4.00. The summed E-state index contributed by atoms with van der Waals surface area (Å²) in [5.41, 5.74) is 1.81. The molecule has 1 atom stereocenters. The van der Waals surface area contributed by atoms with Crippen molar-refractivity contribution in [2.45, 2.75) is 6.04 Å². The zero-order chi connectivity index (χ0) is 20.9. The molecular weight excluding hydrogens is 385 g/mol. The van der Waals surface area contributed by atoms with Crippen LogP contribution in [0.4, 0.5) is 4.39 Å². The van der Waals surface area contributed by atoms with Gasteiger partial charge < -0.3 is 14.5 Å². The number of rotatable bonds is 6. The lowest BCUT2D eigenvalue weighted by molar-refractivity contribution is 0.0938. The third-order valence-electron chi connectivity index (χ3n) is 4.54. The number of ether oxygens (including phenoxy) is 1. The Morgan fingerprint density at radius 1 is 0.967 bits per heavy atom. The number of nitrogens with zero attached hydrogens (tertiary/aromatic N) is 2. The second-order valence-corrected chi connectivity index (χ2v) is 6.50. The molecule has 4 rings (SSSR count). The van der Waals surface area contributed by atoms with Crippen LogP contribution in [0.1, 0.15) is 27.9 Å². The minimum atomic E-state index is -0.745. The summed E-state index contributed by atoms with van der Waals surface area (Å²) < 4.78 is 24.4. The summed E-state index contributed by atoms with van der Waals surface area (Å²) in [5, 5.41) is 11.1. The number of nitrogens with one attached hydrogen (secondary N) is 1. The van der Waals surface area contributed by atoms with E-state index in [1.165, 1.54) is 12.1 Å². The molecule has 4 aromatic rings. The number of carbonyl (C=O) groups is 1. The normalized spacial score (nSPS) is 11.7. The Morgan fingerprint density at radius 2 is 1.67 bits per heavy atom. The summed E-state index contributed by atoms with van der Waals surface area (Å²) in [6, 6.07) is 21.0. The molecule has 1 aromatic heterocycles. The Balaban J connectivity index is 1.65. The van der Waals surface area contributed by atoms with Crippen LogP contribution in [0, 0.1) is 5.82 Å². The van der Waals surface area contributed by atoms with Crippen molar-refractivity contribution in [3.8, 4) is 17.2 Å². The van der Waals surface area contributed by atoms with Crippen molar-refractivity contribution in [1.82, 2.24) is 15.5 Å². The lowest BCUT2D eigenvalue weighted by Crippen LogP contribution is -2.29. The molecule has 0 aliphatic heterocycles. The number of hydrogen-bond acceptors (Lipinski definition) is 5. The summed E-state index contributed by atoms with van der Waals surface area (Å²) in [4.78, 5) is 12.8. The van der Waals surface area contributed by atoms with Gasteiger partial charge in [0.2, 0.25) is 11.8 Å². The van der Waals surface area contributed by atoms with Crippen LogP contribution in [0.15, 0.2) is 83.3 Å². The molecule has 0 saturated carbocycles. The fourth-order valence-electron chi connectivity index (χ4n) is 2.95. The highest BCUT2D eigenvalue weighted by Gasteiger charge is 2.24. The van der Waals surface area contributed by atoms with Gasteiger partial charge in [0.15, 0.2) is 0 Å². The van der Waals surface area contributed by atoms with Crippen molar-refractivity contribution in [3.63, 3.8) is 0 Å². The number of halogens is 1. The number of aromatic nitrogens is 2. The molecule has 0 aliphatic carbocycles. The molecule has 0 fully saturated rings. The lowest BCUT2D eigenvalue weighted by atomic mass is 10.1. The van der Waals surface area contributed by atoms with E-state index in [0.717, 1.165) is 5.56 Å². The van der Waals surface area contributed by atoms with Gasteiger partial charge in [-0.1, -0.05) is 30.3 Å². The van der Waals surface area contributed by atoms with E-state index in [0.29, 0.717) is 22.8 Å². The quantitative estimate of drug-likeness (QED) is 0.516. The average Bonchev–Trinajstić information content (AvgIpc) is 3.29. The molecule has 1 heterocycles. The second kappa shape index (κ2) is 8.57. The van der Waals surface area contributed by atoms with Gasteiger partial charge in [-0.15, -0.1) is 10.2 Å². The van der Waals surface area contributed by atoms with Crippen LogP contribution < -0.4 is 10.1 Å². The third kappa shape index (κ3) is 4.20. The van der Waals surface area contributed by atoms with Crippen LogP contribution in [0.3, 0.4) is 0 Å². The van der Waals surface area contributed by atoms with Gasteiger partial charge in [-0.25, -0.2) is 4.39 Å². The highest BCUT2D eigenvalue weighted by Crippen LogP contribution is 2.26. The molecule has 0 saturated heterocycles. The maximum absolute atomic E-state index is 13.4. The van der Waals surface area contributed by atoms with E-state index >= 15 is 0 Å². The Kier molecular flexibility index (Phi) is 5.52. The van der Waals surface area contributed by atoms with Crippen molar-refractivity contribution >= 4 is 5.91 Å². The number of hydrogen-bond donors (Lipinski definition) is 1. The zero-order valence-corrected chi connectivity index (χ0v) is 16.1. The first-order chi connectivity index (χ1) is 14.6. The van der Waals surface area contributed by atoms with Gasteiger partial charge in [0.05, 0.1) is 7.11 Å². The summed E-state index contributed by atoms with van der Waals surface area (Å²) >= 11 is 0. The van der Waals surface area contributed by atoms with E-state index in [9.17, 15) is 9.18 Å². The summed E-state index contributed by atoms with van der Waals surface area (Å²) in [7, 11) is 1.56. The van der Waals surface area contributed by atoms with Crippen molar-refractivity contribution < 1.29 is 18.3 Å². The smallest absolute Gasteiger partial charge is 0.252 e. The molecule has 3 aromatic carbocycles. The monoisotopic (exact) mass is 403 g/mol. The number of methoxy groups -OCH3 is 1. The second-order valence-electron chi connectivity index (χ2n) is 6.50. The molecule has 1 N–H and O–H groups in total. The number of carbonyl (C=O) groups excluding carboxylic acids is 1. The van der Waals surface area contributed by atoms with Gasteiger partial charge in [0.1, 0.15) is 17.6 Å². The highest BCUT2D eigenvalue weighted by molar-refractivity contribution is 5.94. The zero-order valence-electron chi connectivity index (χ0n) is 16.1. The molecule has 0 spiro atoms. The largest absolute Gasteiger partial charge is 0.497 e. The average molecular weight is 403 g/mol. The first-order valence-corrected chi connectivity index (χ1v) is 9.23. The van der Waals surface area contributed by atoms with E-state index < -0.39 is 6.04 Å².